The Balaban J connectivity index is 1.75. The second-order valence-electron chi connectivity index (χ2n) is 7.06. The molecule has 0 fully saturated rings. The SMILES string of the molecule is CCn1cc(Br)c(CN(C)C(=O)c2noc(C)c2COc2ccc(C)cc2C)n1. The van der Waals surface area contributed by atoms with Gasteiger partial charge in [0.15, 0.2) is 5.69 Å². The number of rotatable bonds is 7. The van der Waals surface area contributed by atoms with Gasteiger partial charge in [-0.1, -0.05) is 22.9 Å². The molecule has 29 heavy (non-hydrogen) atoms. The number of amides is 1. The summed E-state index contributed by atoms with van der Waals surface area (Å²) < 4.78 is 13.9. The van der Waals surface area contributed by atoms with Crippen LogP contribution in [-0.2, 0) is 19.7 Å². The molecule has 0 aliphatic rings. The van der Waals surface area contributed by atoms with Crippen LogP contribution in [0.2, 0.25) is 0 Å². The van der Waals surface area contributed by atoms with Gasteiger partial charge in [0.1, 0.15) is 18.1 Å². The Bertz CT molecular complexity index is 1030. The first-order valence-electron chi connectivity index (χ1n) is 9.42. The number of halogens is 1. The molecule has 2 heterocycles. The van der Waals surface area contributed by atoms with Crippen LogP contribution in [0.3, 0.4) is 0 Å². The fourth-order valence-electron chi connectivity index (χ4n) is 3.02. The van der Waals surface area contributed by atoms with Crippen molar-refractivity contribution in [3.8, 4) is 5.75 Å². The lowest BCUT2D eigenvalue weighted by Crippen LogP contribution is -2.28. The molecular weight excluding hydrogens is 436 g/mol. The van der Waals surface area contributed by atoms with Gasteiger partial charge < -0.3 is 14.2 Å². The van der Waals surface area contributed by atoms with Crippen molar-refractivity contribution in [2.24, 2.45) is 0 Å². The van der Waals surface area contributed by atoms with Crippen LogP contribution in [0, 0.1) is 20.8 Å². The molecule has 0 atom stereocenters. The van der Waals surface area contributed by atoms with Gasteiger partial charge in [-0.2, -0.15) is 5.10 Å². The maximum Gasteiger partial charge on any atom is 0.276 e. The van der Waals surface area contributed by atoms with Crippen LogP contribution in [-0.4, -0.2) is 32.8 Å². The summed E-state index contributed by atoms with van der Waals surface area (Å²) in [6, 6.07) is 5.99. The molecule has 2 aromatic heterocycles. The molecule has 8 heteroatoms. The third-order valence-electron chi connectivity index (χ3n) is 4.73. The first-order valence-corrected chi connectivity index (χ1v) is 10.2. The molecule has 7 nitrogen and oxygen atoms in total. The van der Waals surface area contributed by atoms with Gasteiger partial charge in [-0.05, 0) is 55.3 Å². The fourth-order valence-corrected chi connectivity index (χ4v) is 3.46. The third-order valence-corrected chi connectivity index (χ3v) is 5.40. The normalized spacial score (nSPS) is 11.0. The van der Waals surface area contributed by atoms with Crippen molar-refractivity contribution >= 4 is 21.8 Å². The number of ether oxygens (including phenoxy) is 1. The van der Waals surface area contributed by atoms with Crippen molar-refractivity contribution in [1.82, 2.24) is 19.8 Å². The van der Waals surface area contributed by atoms with Crippen molar-refractivity contribution < 1.29 is 14.1 Å². The molecule has 0 N–H and O–H groups in total. The summed E-state index contributed by atoms with van der Waals surface area (Å²) >= 11 is 3.50. The molecule has 1 amide bonds. The van der Waals surface area contributed by atoms with Gasteiger partial charge in [0.05, 0.1) is 22.3 Å². The molecule has 0 saturated carbocycles. The van der Waals surface area contributed by atoms with E-state index in [2.05, 4.69) is 32.3 Å². The van der Waals surface area contributed by atoms with E-state index in [4.69, 9.17) is 9.26 Å². The average Bonchev–Trinajstić information content (AvgIpc) is 3.22. The highest BCUT2D eigenvalue weighted by atomic mass is 79.9. The van der Waals surface area contributed by atoms with Crippen LogP contribution in [0.25, 0.3) is 0 Å². The van der Waals surface area contributed by atoms with Gasteiger partial charge in [0.25, 0.3) is 5.91 Å². The molecule has 0 unspecified atom stereocenters. The molecule has 3 rings (SSSR count). The minimum atomic E-state index is -0.237. The largest absolute Gasteiger partial charge is 0.488 e. The minimum Gasteiger partial charge on any atom is -0.488 e. The summed E-state index contributed by atoms with van der Waals surface area (Å²) in [5, 5.41) is 8.46. The van der Waals surface area contributed by atoms with Gasteiger partial charge in [0.2, 0.25) is 0 Å². The second-order valence-corrected chi connectivity index (χ2v) is 7.92. The molecule has 3 aromatic rings. The molecule has 0 bridgehead atoms. The number of hydrogen-bond acceptors (Lipinski definition) is 5. The molecule has 0 aliphatic carbocycles. The Morgan fingerprint density at radius 2 is 2.07 bits per heavy atom. The van der Waals surface area contributed by atoms with E-state index in [9.17, 15) is 4.79 Å². The third kappa shape index (κ3) is 4.70. The number of nitrogens with zero attached hydrogens (tertiary/aromatic N) is 4. The molecule has 154 valence electrons. The van der Waals surface area contributed by atoms with Crippen molar-refractivity contribution in [2.45, 2.75) is 47.4 Å². The zero-order valence-electron chi connectivity index (χ0n) is 17.3. The van der Waals surface area contributed by atoms with Crippen LogP contribution < -0.4 is 4.74 Å². The van der Waals surface area contributed by atoms with Crippen molar-refractivity contribution in [3.63, 3.8) is 0 Å². The topological polar surface area (TPSA) is 73.4 Å². The highest BCUT2D eigenvalue weighted by molar-refractivity contribution is 9.10. The summed E-state index contributed by atoms with van der Waals surface area (Å²) in [6.07, 6.45) is 1.90. The fraction of sp³-hybridized carbons (Fsp3) is 0.381. The lowest BCUT2D eigenvalue weighted by atomic mass is 10.1. The van der Waals surface area contributed by atoms with E-state index in [1.165, 1.54) is 5.56 Å². The number of carbonyl (C=O) groups excluding carboxylic acids is 1. The second kappa shape index (κ2) is 8.82. The minimum absolute atomic E-state index is 0.211. The highest BCUT2D eigenvalue weighted by Crippen LogP contribution is 2.23. The van der Waals surface area contributed by atoms with Gasteiger partial charge >= 0.3 is 0 Å². The van der Waals surface area contributed by atoms with Crippen molar-refractivity contribution in [2.75, 3.05) is 7.05 Å². The number of aromatic nitrogens is 3. The quantitative estimate of drug-likeness (QED) is 0.521. The number of aryl methyl sites for hydroxylation is 4. The maximum absolute atomic E-state index is 13.0. The van der Waals surface area contributed by atoms with Crippen LogP contribution in [0.15, 0.2) is 33.4 Å². The molecular formula is C21H25BrN4O3. The molecule has 0 saturated heterocycles. The van der Waals surface area contributed by atoms with Crippen molar-refractivity contribution in [3.05, 3.63) is 62.7 Å². The summed E-state index contributed by atoms with van der Waals surface area (Å²) in [5.74, 6) is 1.11. The Kier molecular flexibility index (Phi) is 6.42. The van der Waals surface area contributed by atoms with Gasteiger partial charge in [-0.15, -0.1) is 0 Å². The van der Waals surface area contributed by atoms with Crippen molar-refractivity contribution in [1.29, 1.82) is 0 Å². The standard InChI is InChI=1S/C21H25BrN4O3/c1-6-26-10-17(22)18(23-26)11-25(5)21(27)20-16(15(4)29-24-20)12-28-19-8-7-13(2)9-14(19)3/h7-10H,6,11-12H2,1-5H3. The highest BCUT2D eigenvalue weighted by Gasteiger charge is 2.24. The lowest BCUT2D eigenvalue weighted by Gasteiger charge is -2.16. The monoisotopic (exact) mass is 460 g/mol. The van der Waals surface area contributed by atoms with E-state index in [0.29, 0.717) is 17.9 Å². The summed E-state index contributed by atoms with van der Waals surface area (Å²) in [6.45, 7) is 9.16. The predicted octanol–water partition coefficient (Wildman–Crippen LogP) is 4.43. The van der Waals surface area contributed by atoms with Gasteiger partial charge in [-0.3, -0.25) is 9.48 Å². The summed E-state index contributed by atoms with van der Waals surface area (Å²) in [7, 11) is 1.72. The zero-order chi connectivity index (χ0) is 21.1. The van der Waals surface area contributed by atoms with E-state index in [0.717, 1.165) is 28.0 Å². The number of carbonyl (C=O) groups is 1. The van der Waals surface area contributed by atoms with Crippen LogP contribution in [0.1, 0.15) is 45.6 Å². The van der Waals surface area contributed by atoms with E-state index in [1.54, 1.807) is 18.9 Å². The van der Waals surface area contributed by atoms with Crippen LogP contribution in [0.5, 0.6) is 5.75 Å². The van der Waals surface area contributed by atoms with E-state index in [-0.39, 0.29) is 18.2 Å². The Hall–Kier alpha value is -2.61. The van der Waals surface area contributed by atoms with Gasteiger partial charge in [0, 0.05) is 19.8 Å². The Morgan fingerprint density at radius 1 is 1.31 bits per heavy atom. The molecule has 0 spiro atoms. The molecule has 1 aromatic carbocycles. The summed E-state index contributed by atoms with van der Waals surface area (Å²) in [5.41, 5.74) is 3.92. The predicted molar refractivity (Wildman–Crippen MR) is 113 cm³/mol. The smallest absolute Gasteiger partial charge is 0.276 e. The maximum atomic E-state index is 13.0. The average molecular weight is 461 g/mol. The van der Waals surface area contributed by atoms with E-state index < -0.39 is 0 Å². The Labute approximate surface area is 178 Å². The van der Waals surface area contributed by atoms with E-state index in [1.807, 2.05) is 43.8 Å². The summed E-state index contributed by atoms with van der Waals surface area (Å²) in [4.78, 5) is 14.6. The lowest BCUT2D eigenvalue weighted by molar-refractivity contribution is 0.0770. The van der Waals surface area contributed by atoms with Gasteiger partial charge in [-0.25, -0.2) is 0 Å². The first-order chi connectivity index (χ1) is 13.8. The zero-order valence-corrected chi connectivity index (χ0v) is 18.9. The Morgan fingerprint density at radius 3 is 2.72 bits per heavy atom. The number of benzene rings is 1. The molecule has 0 aliphatic heterocycles. The number of hydrogen-bond donors (Lipinski definition) is 0. The van der Waals surface area contributed by atoms with E-state index >= 15 is 0 Å². The first kappa shape index (κ1) is 21.1. The van der Waals surface area contributed by atoms with Crippen LogP contribution in [0.4, 0.5) is 0 Å². The van der Waals surface area contributed by atoms with Crippen LogP contribution >= 0.6 is 15.9 Å². The molecule has 0 radical (unpaired) electrons.